The summed E-state index contributed by atoms with van der Waals surface area (Å²) in [4.78, 5) is 22.2. The van der Waals surface area contributed by atoms with Crippen LogP contribution in [0, 0.1) is 6.92 Å². The van der Waals surface area contributed by atoms with Gasteiger partial charge in [0.1, 0.15) is 11.3 Å². The van der Waals surface area contributed by atoms with E-state index >= 15 is 0 Å². The summed E-state index contributed by atoms with van der Waals surface area (Å²) in [5.74, 6) is 0.135. The van der Waals surface area contributed by atoms with Crippen molar-refractivity contribution >= 4 is 33.6 Å². The fourth-order valence-electron chi connectivity index (χ4n) is 2.89. The molecule has 1 N–H and O–H groups in total. The third-order valence-corrected chi connectivity index (χ3v) is 5.10. The monoisotopic (exact) mass is 362 g/mol. The number of fused-ring (bicyclic) bond motifs is 1. The number of hydrogen-bond acceptors (Lipinski definition) is 5. The van der Waals surface area contributed by atoms with Crippen LogP contribution in [0.25, 0.3) is 17.0 Å². The number of anilines is 2. The van der Waals surface area contributed by atoms with Crippen LogP contribution in [-0.4, -0.2) is 20.2 Å². The Morgan fingerprint density at radius 3 is 2.96 bits per heavy atom. The molecule has 0 radical (unpaired) electrons. The molecule has 4 aromatic rings. The van der Waals surface area contributed by atoms with Gasteiger partial charge in [-0.15, -0.1) is 11.3 Å². The average molecular weight is 362 g/mol. The lowest BCUT2D eigenvalue weighted by Crippen LogP contribution is -1.98. The van der Waals surface area contributed by atoms with Crippen LogP contribution >= 0.6 is 11.3 Å². The Kier molecular flexibility index (Phi) is 4.26. The number of Topliss-reactive ketones (excluding diaryl/α,β-unsaturated/α-hetero) is 1. The van der Waals surface area contributed by atoms with Crippen molar-refractivity contribution in [3.63, 3.8) is 0 Å². The second kappa shape index (κ2) is 6.72. The molecule has 6 heteroatoms. The number of pyridine rings is 1. The predicted octanol–water partition coefficient (Wildman–Crippen LogP) is 5.10. The summed E-state index contributed by atoms with van der Waals surface area (Å²) in [7, 11) is 0. The van der Waals surface area contributed by atoms with Crippen molar-refractivity contribution < 1.29 is 4.79 Å². The van der Waals surface area contributed by atoms with E-state index in [2.05, 4.69) is 17.2 Å². The largest absolute Gasteiger partial charge is 0.332 e. The van der Waals surface area contributed by atoms with Gasteiger partial charge in [0, 0.05) is 28.7 Å². The van der Waals surface area contributed by atoms with Gasteiger partial charge >= 0.3 is 0 Å². The number of aromatic nitrogens is 3. The van der Waals surface area contributed by atoms with Crippen LogP contribution in [0.1, 0.15) is 28.6 Å². The molecule has 4 rings (SSSR count). The maximum absolute atomic E-state index is 11.9. The fraction of sp³-hybridized carbons (Fsp3) is 0.150. The highest BCUT2D eigenvalue weighted by Gasteiger charge is 2.14. The number of benzene rings is 1. The van der Waals surface area contributed by atoms with E-state index in [0.29, 0.717) is 12.0 Å². The molecule has 1 aromatic carbocycles. The second-order valence-electron chi connectivity index (χ2n) is 5.98. The number of hydrogen-bond donors (Lipinski definition) is 1. The van der Waals surface area contributed by atoms with Gasteiger partial charge in [0.2, 0.25) is 0 Å². The molecule has 0 spiro atoms. The van der Waals surface area contributed by atoms with Gasteiger partial charge < -0.3 is 5.32 Å². The quantitative estimate of drug-likeness (QED) is 0.502. The zero-order valence-electron chi connectivity index (χ0n) is 14.6. The lowest BCUT2D eigenvalue weighted by molar-refractivity contribution is 0.0988. The van der Waals surface area contributed by atoms with E-state index in [1.54, 1.807) is 11.3 Å². The van der Waals surface area contributed by atoms with Gasteiger partial charge in [-0.25, -0.2) is 9.97 Å². The van der Waals surface area contributed by atoms with Crippen molar-refractivity contribution in [3.8, 4) is 11.4 Å². The van der Waals surface area contributed by atoms with E-state index in [1.807, 2.05) is 66.2 Å². The Morgan fingerprint density at radius 2 is 2.12 bits per heavy atom. The van der Waals surface area contributed by atoms with Crippen molar-refractivity contribution in [2.75, 3.05) is 5.32 Å². The molecule has 0 fully saturated rings. The average Bonchev–Trinajstić information content (AvgIpc) is 3.24. The minimum atomic E-state index is 0.135. The van der Waals surface area contributed by atoms with E-state index in [1.165, 1.54) is 0 Å². The summed E-state index contributed by atoms with van der Waals surface area (Å²) in [5, 5.41) is 4.12. The van der Waals surface area contributed by atoms with Gasteiger partial charge in [0.15, 0.2) is 10.9 Å². The Labute approximate surface area is 155 Å². The van der Waals surface area contributed by atoms with E-state index in [-0.39, 0.29) is 5.78 Å². The molecule has 5 nitrogen and oxygen atoms in total. The number of nitrogens with one attached hydrogen (secondary N) is 1. The highest BCUT2D eigenvalue weighted by Crippen LogP contribution is 2.32. The van der Waals surface area contributed by atoms with Crippen LogP contribution in [0.4, 0.5) is 10.8 Å². The number of nitrogens with zero attached hydrogens (tertiary/aromatic N) is 3. The van der Waals surface area contributed by atoms with Gasteiger partial charge in [-0.1, -0.05) is 25.1 Å². The Hall–Kier alpha value is -2.99. The Balaban J connectivity index is 1.66. The summed E-state index contributed by atoms with van der Waals surface area (Å²) >= 11 is 1.59. The fourth-order valence-corrected chi connectivity index (χ4v) is 3.74. The van der Waals surface area contributed by atoms with Crippen molar-refractivity contribution in [3.05, 3.63) is 65.3 Å². The van der Waals surface area contributed by atoms with Gasteiger partial charge in [0.05, 0.1) is 11.9 Å². The highest BCUT2D eigenvalue weighted by atomic mass is 32.1. The zero-order chi connectivity index (χ0) is 18.1. The molecule has 3 aromatic heterocycles. The molecule has 3 heterocycles. The SMILES string of the molecule is CCC(=O)c1cccc(Nc2nc(-c3cnc4ccccn34)c(C)s2)c1. The van der Waals surface area contributed by atoms with Crippen LogP contribution < -0.4 is 5.32 Å². The van der Waals surface area contributed by atoms with Crippen LogP contribution in [-0.2, 0) is 0 Å². The number of thiazole rings is 1. The van der Waals surface area contributed by atoms with Crippen molar-refractivity contribution in [2.24, 2.45) is 0 Å². The van der Waals surface area contributed by atoms with Crippen molar-refractivity contribution in [1.29, 1.82) is 0 Å². The molecule has 0 amide bonds. The highest BCUT2D eigenvalue weighted by molar-refractivity contribution is 7.16. The smallest absolute Gasteiger partial charge is 0.188 e. The normalized spacial score (nSPS) is 11.0. The Morgan fingerprint density at radius 1 is 1.23 bits per heavy atom. The lowest BCUT2D eigenvalue weighted by atomic mass is 10.1. The van der Waals surface area contributed by atoms with Crippen molar-refractivity contribution in [1.82, 2.24) is 14.4 Å². The maximum Gasteiger partial charge on any atom is 0.188 e. The van der Waals surface area contributed by atoms with E-state index in [4.69, 9.17) is 4.98 Å². The summed E-state index contributed by atoms with van der Waals surface area (Å²) in [5.41, 5.74) is 4.36. The first-order valence-electron chi connectivity index (χ1n) is 8.46. The number of aryl methyl sites for hydroxylation is 1. The van der Waals surface area contributed by atoms with Gasteiger partial charge in [0.25, 0.3) is 0 Å². The molecule has 0 aliphatic rings. The molecule has 0 saturated heterocycles. The van der Waals surface area contributed by atoms with Crippen molar-refractivity contribution in [2.45, 2.75) is 20.3 Å². The number of carbonyl (C=O) groups excluding carboxylic acids is 1. The van der Waals surface area contributed by atoms with Gasteiger partial charge in [-0.05, 0) is 31.2 Å². The minimum absolute atomic E-state index is 0.135. The summed E-state index contributed by atoms with van der Waals surface area (Å²) in [6, 6.07) is 13.5. The lowest BCUT2D eigenvalue weighted by Gasteiger charge is -2.04. The number of carbonyl (C=O) groups is 1. The first-order chi connectivity index (χ1) is 12.7. The van der Waals surface area contributed by atoms with E-state index < -0.39 is 0 Å². The van der Waals surface area contributed by atoms with Gasteiger partial charge in [-0.3, -0.25) is 9.20 Å². The van der Waals surface area contributed by atoms with Gasteiger partial charge in [-0.2, -0.15) is 0 Å². The third-order valence-electron chi connectivity index (χ3n) is 4.21. The molecule has 0 aliphatic heterocycles. The van der Waals surface area contributed by atoms with E-state index in [0.717, 1.165) is 32.7 Å². The summed E-state index contributed by atoms with van der Waals surface area (Å²) in [6.45, 7) is 3.92. The van der Waals surface area contributed by atoms with Crippen LogP contribution in [0.15, 0.2) is 54.9 Å². The maximum atomic E-state index is 11.9. The summed E-state index contributed by atoms with van der Waals surface area (Å²) in [6.07, 6.45) is 4.34. The number of imidazole rings is 1. The second-order valence-corrected chi connectivity index (χ2v) is 7.18. The number of rotatable bonds is 5. The molecule has 130 valence electrons. The first kappa shape index (κ1) is 16.5. The standard InChI is InChI=1S/C20H18N4OS/c1-3-17(25)14-7-6-8-15(11-14)22-20-23-19(13(2)26-20)16-12-21-18-9-4-5-10-24(16)18/h4-12H,3H2,1-2H3,(H,22,23). The topological polar surface area (TPSA) is 59.3 Å². The molecule has 0 atom stereocenters. The van der Waals surface area contributed by atoms with Crippen LogP contribution in [0.2, 0.25) is 0 Å². The number of ketones is 1. The predicted molar refractivity (Wildman–Crippen MR) is 105 cm³/mol. The molecule has 0 aliphatic carbocycles. The Bertz CT molecular complexity index is 1100. The van der Waals surface area contributed by atoms with Crippen LogP contribution in [0.3, 0.4) is 0 Å². The molecule has 26 heavy (non-hydrogen) atoms. The first-order valence-corrected chi connectivity index (χ1v) is 9.27. The third kappa shape index (κ3) is 2.99. The zero-order valence-corrected chi connectivity index (χ0v) is 15.4. The molecule has 0 unspecified atom stereocenters. The molecule has 0 bridgehead atoms. The summed E-state index contributed by atoms with van der Waals surface area (Å²) < 4.78 is 2.03. The van der Waals surface area contributed by atoms with Crippen LogP contribution in [0.5, 0.6) is 0 Å². The minimum Gasteiger partial charge on any atom is -0.332 e. The molecular formula is C20H18N4OS. The van der Waals surface area contributed by atoms with E-state index in [9.17, 15) is 4.79 Å². The molecular weight excluding hydrogens is 344 g/mol. The molecule has 0 saturated carbocycles.